The van der Waals surface area contributed by atoms with E-state index in [2.05, 4.69) is 20.2 Å². The smallest absolute Gasteiger partial charge is 0.222 e. The van der Waals surface area contributed by atoms with Crippen LogP contribution in [-0.2, 0) is 4.79 Å². The molecule has 2 aromatic heterocycles. The average molecular weight is 368 g/mol. The van der Waals surface area contributed by atoms with Crippen molar-refractivity contribution in [1.82, 2.24) is 24.9 Å². The molecule has 1 saturated carbocycles. The lowest BCUT2D eigenvalue weighted by Crippen LogP contribution is -2.49. The van der Waals surface area contributed by atoms with E-state index in [1.165, 1.54) is 32.1 Å². The molecule has 7 nitrogen and oxygen atoms in total. The van der Waals surface area contributed by atoms with Crippen LogP contribution in [0.15, 0.2) is 30.6 Å². The summed E-state index contributed by atoms with van der Waals surface area (Å²) in [6.45, 7) is 3.16. The number of hydrogen-bond donors (Lipinski definition) is 0. The number of carbonyl (C=O) groups is 1. The van der Waals surface area contributed by atoms with E-state index >= 15 is 0 Å². The predicted octanol–water partition coefficient (Wildman–Crippen LogP) is 2.67. The minimum Gasteiger partial charge on any atom is -0.352 e. The summed E-state index contributed by atoms with van der Waals surface area (Å²) in [5.41, 5.74) is 0. The summed E-state index contributed by atoms with van der Waals surface area (Å²) in [6.07, 6.45) is 12.0. The molecule has 0 atom stereocenters. The number of amides is 1. The summed E-state index contributed by atoms with van der Waals surface area (Å²) < 4.78 is 1.69. The molecular weight excluding hydrogens is 340 g/mol. The van der Waals surface area contributed by atoms with Crippen molar-refractivity contribution >= 4 is 11.7 Å². The molecule has 3 heterocycles. The van der Waals surface area contributed by atoms with Gasteiger partial charge in [0.2, 0.25) is 5.91 Å². The van der Waals surface area contributed by atoms with Gasteiger partial charge in [0.25, 0.3) is 0 Å². The van der Waals surface area contributed by atoms with Crippen molar-refractivity contribution in [2.75, 3.05) is 31.1 Å². The molecule has 2 fully saturated rings. The first-order valence-electron chi connectivity index (χ1n) is 10.2. The van der Waals surface area contributed by atoms with Gasteiger partial charge in [0.05, 0.1) is 0 Å². The van der Waals surface area contributed by atoms with Crippen LogP contribution in [0.4, 0.5) is 5.82 Å². The zero-order valence-corrected chi connectivity index (χ0v) is 15.8. The zero-order valence-electron chi connectivity index (χ0n) is 15.8. The van der Waals surface area contributed by atoms with Crippen molar-refractivity contribution in [1.29, 1.82) is 0 Å². The Morgan fingerprint density at radius 1 is 1.00 bits per heavy atom. The number of anilines is 1. The molecule has 0 N–H and O–H groups in total. The predicted molar refractivity (Wildman–Crippen MR) is 104 cm³/mol. The maximum absolute atomic E-state index is 12.5. The molecule has 0 spiro atoms. The Bertz CT molecular complexity index is 715. The number of carbonyl (C=O) groups excluding carboxylic acids is 1. The molecule has 7 heteroatoms. The lowest BCUT2D eigenvalue weighted by molar-refractivity contribution is -0.131. The second-order valence-electron chi connectivity index (χ2n) is 7.61. The third-order valence-electron chi connectivity index (χ3n) is 5.82. The highest BCUT2D eigenvalue weighted by atomic mass is 16.2. The highest BCUT2D eigenvalue weighted by molar-refractivity contribution is 5.76. The Kier molecular flexibility index (Phi) is 5.65. The molecule has 1 aliphatic carbocycles. The van der Waals surface area contributed by atoms with Crippen molar-refractivity contribution in [3.63, 3.8) is 0 Å². The molecule has 4 rings (SSSR count). The molecule has 0 unspecified atom stereocenters. The molecule has 2 aromatic rings. The number of piperazine rings is 1. The van der Waals surface area contributed by atoms with E-state index in [-0.39, 0.29) is 0 Å². The van der Waals surface area contributed by atoms with Gasteiger partial charge in [-0.05, 0) is 30.5 Å². The molecule has 1 amide bonds. The zero-order chi connectivity index (χ0) is 18.5. The Labute approximate surface area is 160 Å². The molecule has 27 heavy (non-hydrogen) atoms. The SMILES string of the molecule is O=C(CCC1CCCCC1)N1CCN(c2ccc(-n3cccn3)nn2)CC1. The van der Waals surface area contributed by atoms with Crippen LogP contribution >= 0.6 is 0 Å². The van der Waals surface area contributed by atoms with Crippen LogP contribution in [0.5, 0.6) is 0 Å². The lowest BCUT2D eigenvalue weighted by atomic mass is 9.86. The van der Waals surface area contributed by atoms with Gasteiger partial charge in [-0.1, -0.05) is 32.1 Å². The lowest BCUT2D eigenvalue weighted by Gasteiger charge is -2.35. The van der Waals surface area contributed by atoms with E-state index in [1.54, 1.807) is 10.9 Å². The van der Waals surface area contributed by atoms with Crippen LogP contribution in [0.3, 0.4) is 0 Å². The van der Waals surface area contributed by atoms with E-state index < -0.39 is 0 Å². The van der Waals surface area contributed by atoms with E-state index in [1.807, 2.05) is 29.3 Å². The number of aromatic nitrogens is 4. The van der Waals surface area contributed by atoms with E-state index in [0.29, 0.717) is 18.1 Å². The van der Waals surface area contributed by atoms with Gasteiger partial charge in [0.1, 0.15) is 0 Å². The van der Waals surface area contributed by atoms with Gasteiger partial charge < -0.3 is 9.80 Å². The van der Waals surface area contributed by atoms with Gasteiger partial charge >= 0.3 is 0 Å². The molecule has 144 valence electrons. The summed E-state index contributed by atoms with van der Waals surface area (Å²) in [5, 5.41) is 12.8. The van der Waals surface area contributed by atoms with Crippen molar-refractivity contribution in [3.8, 4) is 5.82 Å². The van der Waals surface area contributed by atoms with Crippen molar-refractivity contribution in [2.24, 2.45) is 5.92 Å². The van der Waals surface area contributed by atoms with Crippen molar-refractivity contribution in [3.05, 3.63) is 30.6 Å². The van der Waals surface area contributed by atoms with E-state index in [4.69, 9.17) is 0 Å². The van der Waals surface area contributed by atoms with Gasteiger partial charge in [-0.25, -0.2) is 4.68 Å². The minimum atomic E-state index is 0.320. The normalized spacial score (nSPS) is 18.7. The van der Waals surface area contributed by atoms with Crippen LogP contribution in [0.2, 0.25) is 0 Å². The van der Waals surface area contributed by atoms with E-state index in [0.717, 1.165) is 44.3 Å². The molecule has 1 saturated heterocycles. The number of rotatable bonds is 5. The topological polar surface area (TPSA) is 67.2 Å². The quantitative estimate of drug-likeness (QED) is 0.812. The van der Waals surface area contributed by atoms with Crippen LogP contribution in [-0.4, -0.2) is 57.0 Å². The number of nitrogens with zero attached hydrogens (tertiary/aromatic N) is 6. The molecule has 0 bridgehead atoms. The van der Waals surface area contributed by atoms with Crippen LogP contribution in [0, 0.1) is 5.92 Å². The summed E-state index contributed by atoms with van der Waals surface area (Å²) in [5.74, 6) is 2.66. The highest BCUT2D eigenvalue weighted by Gasteiger charge is 2.23. The third kappa shape index (κ3) is 4.46. The number of hydrogen-bond acceptors (Lipinski definition) is 5. The summed E-state index contributed by atoms with van der Waals surface area (Å²) in [4.78, 5) is 16.7. The van der Waals surface area contributed by atoms with Crippen LogP contribution in [0.1, 0.15) is 44.9 Å². The van der Waals surface area contributed by atoms with Gasteiger partial charge in [-0.3, -0.25) is 4.79 Å². The van der Waals surface area contributed by atoms with Crippen molar-refractivity contribution < 1.29 is 4.79 Å². The second-order valence-corrected chi connectivity index (χ2v) is 7.61. The highest BCUT2D eigenvalue weighted by Crippen LogP contribution is 2.27. The first-order valence-corrected chi connectivity index (χ1v) is 10.2. The fourth-order valence-electron chi connectivity index (χ4n) is 4.16. The minimum absolute atomic E-state index is 0.320. The fourth-order valence-corrected chi connectivity index (χ4v) is 4.16. The molecule has 1 aliphatic heterocycles. The largest absolute Gasteiger partial charge is 0.352 e. The van der Waals surface area contributed by atoms with Crippen molar-refractivity contribution in [2.45, 2.75) is 44.9 Å². The summed E-state index contributed by atoms with van der Waals surface area (Å²) in [7, 11) is 0. The van der Waals surface area contributed by atoms with Gasteiger partial charge in [0.15, 0.2) is 11.6 Å². The van der Waals surface area contributed by atoms with Crippen LogP contribution in [0.25, 0.3) is 5.82 Å². The molecule has 0 aromatic carbocycles. The molecule has 0 radical (unpaired) electrons. The molecule has 2 aliphatic rings. The first-order chi connectivity index (χ1) is 13.3. The Hall–Kier alpha value is -2.44. The Balaban J connectivity index is 1.25. The summed E-state index contributed by atoms with van der Waals surface area (Å²) in [6, 6.07) is 5.77. The summed E-state index contributed by atoms with van der Waals surface area (Å²) >= 11 is 0. The van der Waals surface area contributed by atoms with Crippen LogP contribution < -0.4 is 4.90 Å². The molecular formula is C20H28N6O. The average Bonchev–Trinajstić information content (AvgIpc) is 3.28. The monoisotopic (exact) mass is 368 g/mol. The first kappa shape index (κ1) is 17.9. The maximum Gasteiger partial charge on any atom is 0.222 e. The third-order valence-corrected chi connectivity index (χ3v) is 5.82. The second kappa shape index (κ2) is 8.50. The van der Waals surface area contributed by atoms with Gasteiger partial charge in [-0.2, -0.15) is 5.10 Å². The van der Waals surface area contributed by atoms with Gasteiger partial charge in [-0.15, -0.1) is 10.2 Å². The standard InChI is InChI=1S/C20H28N6O/c27-20(10-7-17-5-2-1-3-6-17)25-15-13-24(14-16-25)18-8-9-19(23-22-18)26-12-4-11-21-26/h4,8-9,11-12,17H,1-3,5-7,10,13-16H2. The Morgan fingerprint density at radius 2 is 1.74 bits per heavy atom. The van der Waals surface area contributed by atoms with E-state index in [9.17, 15) is 4.79 Å². The van der Waals surface area contributed by atoms with Gasteiger partial charge in [0, 0.05) is 45.0 Å². The fraction of sp³-hybridized carbons (Fsp3) is 0.600. The maximum atomic E-state index is 12.5. The Morgan fingerprint density at radius 3 is 2.41 bits per heavy atom.